The second kappa shape index (κ2) is 5.94. The molecule has 2 bridgehead atoms. The van der Waals surface area contributed by atoms with E-state index in [1.165, 1.54) is 0 Å². The lowest BCUT2D eigenvalue weighted by Crippen LogP contribution is -2.44. The van der Waals surface area contributed by atoms with Gasteiger partial charge in [-0.05, 0) is 18.3 Å². The van der Waals surface area contributed by atoms with Crippen LogP contribution >= 0.6 is 0 Å². The van der Waals surface area contributed by atoms with Crippen LogP contribution in [0.2, 0.25) is 0 Å². The zero-order valence-corrected chi connectivity index (χ0v) is 11.1. The van der Waals surface area contributed by atoms with Crippen molar-refractivity contribution in [2.45, 2.75) is 6.42 Å². The second-order valence-electron chi connectivity index (χ2n) is 5.23. The molecule has 4 atom stereocenters. The Bertz CT molecular complexity index is 515. The molecule has 2 aliphatic rings. The van der Waals surface area contributed by atoms with Crippen LogP contribution < -0.4 is 10.6 Å². The summed E-state index contributed by atoms with van der Waals surface area (Å²) in [6, 6.07) is 0. The molecule has 1 fully saturated rings. The molecule has 0 aromatic heterocycles. The Morgan fingerprint density at radius 1 is 0.952 bits per heavy atom. The van der Waals surface area contributed by atoms with Gasteiger partial charge >= 0.3 is 11.9 Å². The van der Waals surface area contributed by atoms with Gasteiger partial charge in [0.15, 0.2) is 0 Å². The van der Waals surface area contributed by atoms with Gasteiger partial charge in [-0.1, -0.05) is 12.2 Å². The van der Waals surface area contributed by atoms with Crippen LogP contribution in [0.4, 0.5) is 0 Å². The second-order valence-corrected chi connectivity index (χ2v) is 5.23. The van der Waals surface area contributed by atoms with Crippen molar-refractivity contribution in [1.29, 1.82) is 0 Å². The molecule has 2 aliphatic carbocycles. The summed E-state index contributed by atoms with van der Waals surface area (Å²) in [5.74, 6) is -4.99. The minimum atomic E-state index is -1.18. The fourth-order valence-corrected chi connectivity index (χ4v) is 3.04. The molecule has 21 heavy (non-hydrogen) atoms. The number of hydrogen-bond donors (Lipinski definition) is 4. The summed E-state index contributed by atoms with van der Waals surface area (Å²) in [5.41, 5.74) is 0. The zero-order chi connectivity index (χ0) is 15.6. The van der Waals surface area contributed by atoms with E-state index in [1.807, 2.05) is 12.2 Å². The molecule has 2 amide bonds. The average molecular weight is 296 g/mol. The highest BCUT2D eigenvalue weighted by Gasteiger charge is 2.51. The first-order valence-corrected chi connectivity index (χ1v) is 6.57. The van der Waals surface area contributed by atoms with Crippen LogP contribution in [0.15, 0.2) is 12.2 Å². The van der Waals surface area contributed by atoms with Crippen LogP contribution in [-0.4, -0.2) is 47.1 Å². The van der Waals surface area contributed by atoms with Gasteiger partial charge in [-0.25, -0.2) is 0 Å². The van der Waals surface area contributed by atoms with Crippen molar-refractivity contribution in [1.82, 2.24) is 10.6 Å². The Hall–Kier alpha value is -2.38. The summed E-state index contributed by atoms with van der Waals surface area (Å²) >= 11 is 0. The summed E-state index contributed by atoms with van der Waals surface area (Å²) in [4.78, 5) is 45.0. The maximum Gasteiger partial charge on any atom is 0.322 e. The van der Waals surface area contributed by atoms with Crippen LogP contribution in [0.3, 0.4) is 0 Å². The van der Waals surface area contributed by atoms with Crippen molar-refractivity contribution in [2.75, 3.05) is 13.1 Å². The number of nitrogens with one attached hydrogen (secondary N) is 2. The molecular weight excluding hydrogens is 280 g/mol. The van der Waals surface area contributed by atoms with Crippen molar-refractivity contribution in [3.05, 3.63) is 12.2 Å². The number of aliphatic carboxylic acids is 2. The molecule has 0 aromatic carbocycles. The van der Waals surface area contributed by atoms with Crippen molar-refractivity contribution < 1.29 is 29.4 Å². The van der Waals surface area contributed by atoms with Crippen LogP contribution in [-0.2, 0) is 19.2 Å². The molecule has 1 saturated carbocycles. The number of amides is 2. The third kappa shape index (κ3) is 3.21. The van der Waals surface area contributed by atoms with E-state index in [0.717, 1.165) is 0 Å². The quantitative estimate of drug-likeness (QED) is 0.456. The van der Waals surface area contributed by atoms with Gasteiger partial charge in [0.25, 0.3) is 0 Å². The molecular formula is C13H16N2O6. The Balaban J connectivity index is 1.88. The molecule has 8 nitrogen and oxygen atoms in total. The minimum absolute atomic E-state index is 0.113. The number of carbonyl (C=O) groups excluding carboxylic acids is 2. The van der Waals surface area contributed by atoms with E-state index in [4.69, 9.17) is 5.11 Å². The van der Waals surface area contributed by atoms with Gasteiger partial charge < -0.3 is 20.8 Å². The zero-order valence-electron chi connectivity index (χ0n) is 11.1. The topological polar surface area (TPSA) is 133 Å². The summed E-state index contributed by atoms with van der Waals surface area (Å²) in [6.07, 6.45) is 4.31. The Kier molecular flexibility index (Phi) is 4.25. The normalized spacial score (nSPS) is 29.1. The van der Waals surface area contributed by atoms with Gasteiger partial charge in [0.05, 0.1) is 18.4 Å². The number of carbonyl (C=O) groups is 4. The first-order chi connectivity index (χ1) is 9.90. The highest BCUT2D eigenvalue weighted by atomic mass is 16.4. The molecule has 0 heterocycles. The van der Waals surface area contributed by atoms with Gasteiger partial charge in [0, 0.05) is 0 Å². The molecule has 4 N–H and O–H groups in total. The molecule has 2 rings (SSSR count). The molecule has 0 aliphatic heterocycles. The lowest BCUT2D eigenvalue weighted by molar-refractivity contribution is -0.148. The van der Waals surface area contributed by atoms with Crippen LogP contribution in [0.5, 0.6) is 0 Å². The van der Waals surface area contributed by atoms with Crippen molar-refractivity contribution in [3.63, 3.8) is 0 Å². The molecule has 0 aromatic rings. The fourth-order valence-electron chi connectivity index (χ4n) is 3.04. The number of allylic oxidation sites excluding steroid dienone is 2. The van der Waals surface area contributed by atoms with Gasteiger partial charge in [0.1, 0.15) is 6.54 Å². The van der Waals surface area contributed by atoms with Crippen LogP contribution in [0.25, 0.3) is 0 Å². The summed E-state index contributed by atoms with van der Waals surface area (Å²) in [6.45, 7) is -0.890. The Morgan fingerprint density at radius 3 is 2.14 bits per heavy atom. The van der Waals surface area contributed by atoms with E-state index in [0.29, 0.717) is 6.42 Å². The maximum absolute atomic E-state index is 12.1. The first kappa shape index (κ1) is 15.0. The van der Waals surface area contributed by atoms with Crippen molar-refractivity contribution in [3.8, 4) is 0 Å². The van der Waals surface area contributed by atoms with Gasteiger partial charge in [0.2, 0.25) is 11.8 Å². The lowest BCUT2D eigenvalue weighted by atomic mass is 9.82. The minimum Gasteiger partial charge on any atom is -0.481 e. The first-order valence-electron chi connectivity index (χ1n) is 6.57. The highest BCUT2D eigenvalue weighted by Crippen LogP contribution is 2.48. The maximum atomic E-state index is 12.1. The van der Waals surface area contributed by atoms with E-state index in [1.54, 1.807) is 0 Å². The lowest BCUT2D eigenvalue weighted by Gasteiger charge is -2.23. The summed E-state index contributed by atoms with van der Waals surface area (Å²) in [5, 5.41) is 22.1. The molecule has 114 valence electrons. The SMILES string of the molecule is O=C(O)CNC(=O)CNC(=O)[C@@H]1[C@@H](C(=O)O)[C@H]2C=C[C@H]1C2. The monoisotopic (exact) mass is 296 g/mol. The van der Waals surface area contributed by atoms with Crippen LogP contribution in [0, 0.1) is 23.7 Å². The predicted molar refractivity (Wildman–Crippen MR) is 69.0 cm³/mol. The molecule has 8 heteroatoms. The van der Waals surface area contributed by atoms with Crippen molar-refractivity contribution in [2.24, 2.45) is 23.7 Å². The number of fused-ring (bicyclic) bond motifs is 2. The third-order valence-electron chi connectivity index (χ3n) is 3.91. The Morgan fingerprint density at radius 2 is 1.57 bits per heavy atom. The number of hydrogen-bond acceptors (Lipinski definition) is 4. The average Bonchev–Trinajstić information content (AvgIpc) is 3.02. The van der Waals surface area contributed by atoms with Crippen LogP contribution in [0.1, 0.15) is 6.42 Å². The van der Waals surface area contributed by atoms with E-state index < -0.39 is 42.1 Å². The van der Waals surface area contributed by atoms with E-state index in [2.05, 4.69) is 10.6 Å². The third-order valence-corrected chi connectivity index (χ3v) is 3.91. The predicted octanol–water partition coefficient (Wildman–Crippen LogP) is -1.17. The Labute approximate surface area is 120 Å². The summed E-state index contributed by atoms with van der Waals surface area (Å²) in [7, 11) is 0. The highest BCUT2D eigenvalue weighted by molar-refractivity contribution is 5.90. The van der Waals surface area contributed by atoms with E-state index in [9.17, 15) is 24.3 Å². The molecule has 0 saturated heterocycles. The fraction of sp³-hybridized carbons (Fsp3) is 0.538. The number of carboxylic acids is 2. The largest absolute Gasteiger partial charge is 0.481 e. The standard InChI is InChI=1S/C13H16N2O6/c16-8(14-5-9(17)18)4-15-12(19)10-6-1-2-7(3-6)11(10)13(20)21/h1-2,6-7,10-11H,3-5H2,(H,14,16)(H,15,19)(H,17,18)(H,20,21)/t6-,7-,10-,11-/m0/s1. The van der Waals surface area contributed by atoms with Gasteiger partial charge in [-0.2, -0.15) is 0 Å². The number of carboxylic acid groups (broad SMARTS) is 2. The molecule has 0 spiro atoms. The molecule has 0 radical (unpaired) electrons. The molecule has 0 unspecified atom stereocenters. The smallest absolute Gasteiger partial charge is 0.322 e. The number of rotatable bonds is 6. The van der Waals surface area contributed by atoms with E-state index >= 15 is 0 Å². The van der Waals surface area contributed by atoms with Gasteiger partial charge in [-0.15, -0.1) is 0 Å². The van der Waals surface area contributed by atoms with E-state index in [-0.39, 0.29) is 18.4 Å². The van der Waals surface area contributed by atoms with Crippen molar-refractivity contribution >= 4 is 23.8 Å². The van der Waals surface area contributed by atoms with Gasteiger partial charge in [-0.3, -0.25) is 19.2 Å². The summed E-state index contributed by atoms with van der Waals surface area (Å²) < 4.78 is 0.